The van der Waals surface area contributed by atoms with Crippen molar-refractivity contribution in [1.29, 1.82) is 0 Å². The van der Waals surface area contributed by atoms with Crippen LogP contribution >= 0.6 is 0 Å². The highest BCUT2D eigenvalue weighted by Crippen LogP contribution is 2.37. The smallest absolute Gasteiger partial charge is 0.0804 e. The van der Waals surface area contributed by atoms with Crippen LogP contribution in [0.5, 0.6) is 0 Å². The van der Waals surface area contributed by atoms with E-state index in [1.807, 2.05) is 0 Å². The predicted octanol–water partition coefficient (Wildman–Crippen LogP) is 3.10. The normalized spacial score (nSPS) is 27.9. The first-order valence-electron chi connectivity index (χ1n) is 8.08. The number of hydrogen-bond acceptors (Lipinski definition) is 3. The van der Waals surface area contributed by atoms with Crippen molar-refractivity contribution >= 4 is 0 Å². The molecule has 19 heavy (non-hydrogen) atoms. The SMILES string of the molecule is CC(C)C1CCC(CN)(OCCCCCCO)CC1. The van der Waals surface area contributed by atoms with Gasteiger partial charge in [0.05, 0.1) is 5.60 Å². The topological polar surface area (TPSA) is 55.5 Å². The van der Waals surface area contributed by atoms with Gasteiger partial charge in [0.15, 0.2) is 0 Å². The van der Waals surface area contributed by atoms with Crippen LogP contribution in [0, 0.1) is 11.8 Å². The summed E-state index contributed by atoms with van der Waals surface area (Å²) in [4.78, 5) is 0. The largest absolute Gasteiger partial charge is 0.396 e. The summed E-state index contributed by atoms with van der Waals surface area (Å²) < 4.78 is 6.14. The van der Waals surface area contributed by atoms with Crippen LogP contribution in [0.3, 0.4) is 0 Å². The minimum Gasteiger partial charge on any atom is -0.396 e. The van der Waals surface area contributed by atoms with Crippen LogP contribution in [0.15, 0.2) is 0 Å². The van der Waals surface area contributed by atoms with Gasteiger partial charge < -0.3 is 15.6 Å². The molecule has 3 nitrogen and oxygen atoms in total. The predicted molar refractivity (Wildman–Crippen MR) is 80.1 cm³/mol. The molecule has 0 amide bonds. The fraction of sp³-hybridized carbons (Fsp3) is 1.00. The minimum absolute atomic E-state index is 0.0393. The number of ether oxygens (including phenoxy) is 1. The van der Waals surface area contributed by atoms with E-state index in [2.05, 4.69) is 13.8 Å². The van der Waals surface area contributed by atoms with Crippen molar-refractivity contribution in [2.45, 2.75) is 70.8 Å². The number of nitrogens with two attached hydrogens (primary N) is 1. The summed E-state index contributed by atoms with van der Waals surface area (Å²) in [5.41, 5.74) is 5.92. The minimum atomic E-state index is -0.0393. The van der Waals surface area contributed by atoms with Crippen LogP contribution in [0.1, 0.15) is 65.2 Å². The average molecular weight is 271 g/mol. The van der Waals surface area contributed by atoms with Gasteiger partial charge in [-0.2, -0.15) is 0 Å². The van der Waals surface area contributed by atoms with E-state index in [1.165, 1.54) is 12.8 Å². The van der Waals surface area contributed by atoms with E-state index in [0.29, 0.717) is 13.2 Å². The summed E-state index contributed by atoms with van der Waals surface area (Å²) >= 11 is 0. The van der Waals surface area contributed by atoms with Gasteiger partial charge in [-0.15, -0.1) is 0 Å². The fourth-order valence-electron chi connectivity index (χ4n) is 3.10. The zero-order valence-corrected chi connectivity index (χ0v) is 12.9. The average Bonchev–Trinajstić information content (AvgIpc) is 2.43. The highest BCUT2D eigenvalue weighted by atomic mass is 16.5. The zero-order chi connectivity index (χ0) is 14.1. The molecule has 1 rings (SSSR count). The van der Waals surface area contributed by atoms with Gasteiger partial charge in [0, 0.05) is 19.8 Å². The molecule has 0 aromatic heterocycles. The van der Waals surface area contributed by atoms with E-state index >= 15 is 0 Å². The molecule has 114 valence electrons. The van der Waals surface area contributed by atoms with Gasteiger partial charge in [-0.1, -0.05) is 26.7 Å². The van der Waals surface area contributed by atoms with Crippen molar-refractivity contribution in [2.24, 2.45) is 17.6 Å². The Bertz CT molecular complexity index is 223. The molecule has 1 saturated carbocycles. The van der Waals surface area contributed by atoms with Crippen molar-refractivity contribution in [3.05, 3.63) is 0 Å². The standard InChI is InChI=1S/C16H33NO2/c1-14(2)15-7-9-16(13-17,10-8-15)19-12-6-4-3-5-11-18/h14-15,18H,3-13,17H2,1-2H3. The van der Waals surface area contributed by atoms with E-state index in [-0.39, 0.29) is 5.60 Å². The molecule has 1 aliphatic rings. The first-order valence-corrected chi connectivity index (χ1v) is 8.08. The first-order chi connectivity index (χ1) is 9.13. The molecule has 0 saturated heterocycles. The molecule has 0 radical (unpaired) electrons. The molecule has 0 aromatic rings. The Hall–Kier alpha value is -0.120. The molecule has 3 heteroatoms. The third-order valence-electron chi connectivity index (χ3n) is 4.72. The molecule has 0 heterocycles. The molecule has 1 fully saturated rings. The lowest BCUT2D eigenvalue weighted by atomic mass is 9.74. The van der Waals surface area contributed by atoms with Gasteiger partial charge in [0.2, 0.25) is 0 Å². The van der Waals surface area contributed by atoms with Gasteiger partial charge in [-0.3, -0.25) is 0 Å². The van der Waals surface area contributed by atoms with Crippen molar-refractivity contribution in [2.75, 3.05) is 19.8 Å². The molecule has 1 aliphatic carbocycles. The van der Waals surface area contributed by atoms with Crippen LogP contribution in [0.4, 0.5) is 0 Å². The highest BCUT2D eigenvalue weighted by Gasteiger charge is 2.35. The third kappa shape index (κ3) is 5.80. The van der Waals surface area contributed by atoms with Crippen molar-refractivity contribution < 1.29 is 9.84 Å². The lowest BCUT2D eigenvalue weighted by Crippen LogP contribution is -2.44. The van der Waals surface area contributed by atoms with E-state index in [1.54, 1.807) is 0 Å². The Morgan fingerprint density at radius 3 is 2.32 bits per heavy atom. The molecule has 0 bridgehead atoms. The van der Waals surface area contributed by atoms with Gasteiger partial charge in [-0.05, 0) is 50.4 Å². The van der Waals surface area contributed by atoms with Crippen LogP contribution in [-0.4, -0.2) is 30.5 Å². The second-order valence-electron chi connectivity index (χ2n) is 6.45. The molecular weight excluding hydrogens is 238 g/mol. The van der Waals surface area contributed by atoms with Crippen molar-refractivity contribution in [3.63, 3.8) is 0 Å². The van der Waals surface area contributed by atoms with Crippen LogP contribution in [-0.2, 0) is 4.74 Å². The van der Waals surface area contributed by atoms with Crippen LogP contribution < -0.4 is 5.73 Å². The Kier molecular flexibility index (Phi) is 7.96. The van der Waals surface area contributed by atoms with E-state index in [9.17, 15) is 0 Å². The van der Waals surface area contributed by atoms with E-state index < -0.39 is 0 Å². The molecule has 0 spiro atoms. The number of unbranched alkanes of at least 4 members (excludes halogenated alkanes) is 3. The van der Waals surface area contributed by atoms with E-state index in [4.69, 9.17) is 15.6 Å². The summed E-state index contributed by atoms with van der Waals surface area (Å²) in [7, 11) is 0. The monoisotopic (exact) mass is 271 g/mol. The molecule has 0 aromatic carbocycles. The van der Waals surface area contributed by atoms with E-state index in [0.717, 1.165) is 57.0 Å². The molecular formula is C16H33NO2. The Labute approximate surface area is 118 Å². The van der Waals surface area contributed by atoms with Gasteiger partial charge in [0.25, 0.3) is 0 Å². The second-order valence-corrected chi connectivity index (χ2v) is 6.45. The van der Waals surface area contributed by atoms with Gasteiger partial charge in [0.1, 0.15) is 0 Å². The quantitative estimate of drug-likeness (QED) is 0.634. The van der Waals surface area contributed by atoms with Gasteiger partial charge >= 0.3 is 0 Å². The summed E-state index contributed by atoms with van der Waals surface area (Å²) in [6, 6.07) is 0. The third-order valence-corrected chi connectivity index (χ3v) is 4.72. The Balaban J connectivity index is 2.22. The van der Waals surface area contributed by atoms with Crippen LogP contribution in [0.2, 0.25) is 0 Å². The summed E-state index contributed by atoms with van der Waals surface area (Å²) in [5.74, 6) is 1.64. The number of aliphatic hydroxyl groups excluding tert-OH is 1. The maximum atomic E-state index is 8.73. The first kappa shape index (κ1) is 16.9. The number of aliphatic hydroxyl groups is 1. The molecule has 3 N–H and O–H groups in total. The maximum Gasteiger partial charge on any atom is 0.0804 e. The molecule has 0 atom stereocenters. The van der Waals surface area contributed by atoms with Crippen molar-refractivity contribution in [1.82, 2.24) is 0 Å². The highest BCUT2D eigenvalue weighted by molar-refractivity contribution is 4.89. The lowest BCUT2D eigenvalue weighted by Gasteiger charge is -2.40. The number of rotatable bonds is 9. The summed E-state index contributed by atoms with van der Waals surface area (Å²) in [5, 5.41) is 8.73. The lowest BCUT2D eigenvalue weighted by molar-refractivity contribution is -0.0756. The molecule has 0 aliphatic heterocycles. The van der Waals surface area contributed by atoms with Crippen molar-refractivity contribution in [3.8, 4) is 0 Å². The second kappa shape index (κ2) is 8.93. The zero-order valence-electron chi connectivity index (χ0n) is 12.9. The maximum absolute atomic E-state index is 8.73. The Morgan fingerprint density at radius 1 is 1.16 bits per heavy atom. The summed E-state index contributed by atoms with van der Waals surface area (Å²) in [6.07, 6.45) is 9.04. The summed E-state index contributed by atoms with van der Waals surface area (Å²) in [6.45, 7) is 6.44. The number of hydrogen-bond donors (Lipinski definition) is 2. The Morgan fingerprint density at radius 2 is 1.79 bits per heavy atom. The fourth-order valence-corrected chi connectivity index (χ4v) is 3.10. The van der Waals surface area contributed by atoms with Crippen LogP contribution in [0.25, 0.3) is 0 Å². The molecule has 0 unspecified atom stereocenters. The van der Waals surface area contributed by atoms with Gasteiger partial charge in [-0.25, -0.2) is 0 Å².